The zero-order chi connectivity index (χ0) is 13.9. The summed E-state index contributed by atoms with van der Waals surface area (Å²) in [6, 6.07) is 8.01. The van der Waals surface area contributed by atoms with Gasteiger partial charge in [-0.3, -0.25) is 0 Å². The molecule has 0 radical (unpaired) electrons. The van der Waals surface area contributed by atoms with Gasteiger partial charge in [0.2, 0.25) is 0 Å². The second kappa shape index (κ2) is 5.06. The summed E-state index contributed by atoms with van der Waals surface area (Å²) in [6.07, 6.45) is 3.51. The summed E-state index contributed by atoms with van der Waals surface area (Å²) in [5, 5.41) is 3.11. The van der Waals surface area contributed by atoms with Gasteiger partial charge in [0.15, 0.2) is 5.65 Å². The van der Waals surface area contributed by atoms with Gasteiger partial charge in [-0.15, -0.1) is 0 Å². The number of nitrogens with one attached hydrogen (secondary N) is 2. The van der Waals surface area contributed by atoms with Crippen molar-refractivity contribution in [3.05, 3.63) is 53.5 Å². The highest BCUT2D eigenvalue weighted by molar-refractivity contribution is 5.70. The lowest BCUT2D eigenvalue weighted by atomic mass is 10.1. The summed E-state index contributed by atoms with van der Waals surface area (Å²) in [5.74, 6) is 6.23. The number of anilines is 1. The lowest BCUT2D eigenvalue weighted by molar-refractivity contribution is 1.24. The number of H-pyrrole nitrogens is 1. The number of nitrogens with zero attached hydrogens (tertiary/aromatic N) is 2. The molecule has 4 heteroatoms. The van der Waals surface area contributed by atoms with Crippen LogP contribution >= 0.6 is 0 Å². The van der Waals surface area contributed by atoms with Crippen molar-refractivity contribution >= 4 is 16.9 Å². The Balaban J connectivity index is 1.98. The van der Waals surface area contributed by atoms with Gasteiger partial charge >= 0.3 is 0 Å². The molecule has 3 aromatic rings. The van der Waals surface area contributed by atoms with Gasteiger partial charge in [0.25, 0.3) is 0 Å². The molecule has 0 unspecified atom stereocenters. The summed E-state index contributed by atoms with van der Waals surface area (Å²) in [5.41, 5.74) is 5.47. The van der Waals surface area contributed by atoms with Crippen LogP contribution in [0.5, 0.6) is 0 Å². The molecule has 0 fully saturated rings. The molecular formula is C16H14N4. The molecule has 0 saturated carbocycles. The van der Waals surface area contributed by atoms with Crippen molar-refractivity contribution in [2.24, 2.45) is 0 Å². The quantitative estimate of drug-likeness (QED) is 0.663. The molecule has 0 aliphatic rings. The van der Waals surface area contributed by atoms with Crippen molar-refractivity contribution in [2.75, 3.05) is 12.4 Å². The van der Waals surface area contributed by atoms with E-state index in [4.69, 9.17) is 0 Å². The van der Waals surface area contributed by atoms with Gasteiger partial charge in [0.05, 0.1) is 6.20 Å². The van der Waals surface area contributed by atoms with E-state index in [0.717, 1.165) is 28.0 Å². The van der Waals surface area contributed by atoms with Gasteiger partial charge in [-0.25, -0.2) is 9.97 Å². The van der Waals surface area contributed by atoms with Crippen LogP contribution in [0.3, 0.4) is 0 Å². The van der Waals surface area contributed by atoms with E-state index in [-0.39, 0.29) is 0 Å². The van der Waals surface area contributed by atoms with Crippen molar-refractivity contribution in [1.82, 2.24) is 15.0 Å². The molecule has 0 spiro atoms. The van der Waals surface area contributed by atoms with E-state index in [0.29, 0.717) is 5.69 Å². The Morgan fingerprint density at radius 2 is 2.10 bits per heavy atom. The molecule has 0 bridgehead atoms. The molecule has 0 amide bonds. The van der Waals surface area contributed by atoms with Crippen LogP contribution in [0.1, 0.15) is 16.8 Å². The van der Waals surface area contributed by atoms with Gasteiger partial charge in [-0.1, -0.05) is 12.0 Å². The highest BCUT2D eigenvalue weighted by Gasteiger charge is 1.99. The van der Waals surface area contributed by atoms with E-state index in [9.17, 15) is 0 Å². The molecule has 2 aromatic heterocycles. The first-order chi connectivity index (χ1) is 9.76. The highest BCUT2D eigenvalue weighted by atomic mass is 14.9. The Hall–Kier alpha value is -2.80. The van der Waals surface area contributed by atoms with Crippen molar-refractivity contribution < 1.29 is 0 Å². The smallest absolute Gasteiger partial charge is 0.156 e. The van der Waals surface area contributed by atoms with Gasteiger partial charge in [0, 0.05) is 24.5 Å². The minimum absolute atomic E-state index is 0.673. The van der Waals surface area contributed by atoms with E-state index in [1.54, 1.807) is 6.20 Å². The molecule has 0 atom stereocenters. The van der Waals surface area contributed by atoms with Crippen LogP contribution in [0.4, 0.5) is 5.69 Å². The van der Waals surface area contributed by atoms with Crippen LogP contribution in [-0.4, -0.2) is 22.0 Å². The van der Waals surface area contributed by atoms with Crippen LogP contribution in [0.25, 0.3) is 11.2 Å². The first-order valence-electron chi connectivity index (χ1n) is 6.37. The van der Waals surface area contributed by atoms with Crippen LogP contribution in [0, 0.1) is 18.8 Å². The van der Waals surface area contributed by atoms with Gasteiger partial charge in [0.1, 0.15) is 11.2 Å². The molecule has 0 saturated heterocycles. The maximum absolute atomic E-state index is 4.44. The first kappa shape index (κ1) is 12.2. The van der Waals surface area contributed by atoms with E-state index >= 15 is 0 Å². The van der Waals surface area contributed by atoms with Gasteiger partial charge in [-0.2, -0.15) is 0 Å². The van der Waals surface area contributed by atoms with Crippen molar-refractivity contribution in [1.29, 1.82) is 0 Å². The lowest BCUT2D eigenvalue weighted by Gasteiger charge is -2.02. The predicted octanol–water partition coefficient (Wildman–Crippen LogP) is 2.71. The summed E-state index contributed by atoms with van der Waals surface area (Å²) in [7, 11) is 1.90. The third-order valence-corrected chi connectivity index (χ3v) is 3.11. The molecular weight excluding hydrogens is 248 g/mol. The number of benzene rings is 1. The van der Waals surface area contributed by atoms with E-state index in [1.165, 1.54) is 0 Å². The Bertz CT molecular complexity index is 821. The number of aromatic nitrogens is 3. The summed E-state index contributed by atoms with van der Waals surface area (Å²) in [6.45, 7) is 2.05. The molecule has 2 heterocycles. The minimum Gasteiger partial charge on any atom is -0.388 e. The number of aryl methyl sites for hydroxylation is 1. The Kier molecular flexibility index (Phi) is 3.10. The van der Waals surface area contributed by atoms with Gasteiger partial charge in [-0.05, 0) is 36.6 Å². The zero-order valence-electron chi connectivity index (χ0n) is 11.4. The van der Waals surface area contributed by atoms with Crippen LogP contribution in [0.2, 0.25) is 0 Å². The molecule has 3 rings (SSSR count). The van der Waals surface area contributed by atoms with Crippen LogP contribution in [0.15, 0.2) is 36.7 Å². The number of aromatic amines is 1. The maximum Gasteiger partial charge on any atom is 0.156 e. The minimum atomic E-state index is 0.673. The average molecular weight is 262 g/mol. The third-order valence-electron chi connectivity index (χ3n) is 3.11. The predicted molar refractivity (Wildman–Crippen MR) is 80.6 cm³/mol. The van der Waals surface area contributed by atoms with Crippen molar-refractivity contribution in [3.8, 4) is 11.8 Å². The lowest BCUT2D eigenvalue weighted by Crippen LogP contribution is -1.91. The standard InChI is InChI=1S/C16H14N4/c1-11-3-5-13(17-2)9-12(11)4-6-14-10-19-16-15(20-14)7-8-18-16/h3,5,7-10,17H,1-2H3,(H,18,19). The normalized spacial score (nSPS) is 10.1. The van der Waals surface area contributed by atoms with Crippen LogP contribution < -0.4 is 5.32 Å². The Labute approximate surface area is 117 Å². The summed E-state index contributed by atoms with van der Waals surface area (Å²) < 4.78 is 0. The van der Waals surface area contributed by atoms with Crippen molar-refractivity contribution in [3.63, 3.8) is 0 Å². The molecule has 2 N–H and O–H groups in total. The second-order valence-corrected chi connectivity index (χ2v) is 4.50. The van der Waals surface area contributed by atoms with Crippen LogP contribution in [-0.2, 0) is 0 Å². The molecule has 1 aromatic carbocycles. The van der Waals surface area contributed by atoms with Gasteiger partial charge < -0.3 is 10.3 Å². The molecule has 0 aliphatic carbocycles. The first-order valence-corrected chi connectivity index (χ1v) is 6.37. The molecule has 4 nitrogen and oxygen atoms in total. The second-order valence-electron chi connectivity index (χ2n) is 4.50. The summed E-state index contributed by atoms with van der Waals surface area (Å²) >= 11 is 0. The Morgan fingerprint density at radius 3 is 2.95 bits per heavy atom. The summed E-state index contributed by atoms with van der Waals surface area (Å²) in [4.78, 5) is 11.7. The van der Waals surface area contributed by atoms with Crippen molar-refractivity contribution in [2.45, 2.75) is 6.92 Å². The number of rotatable bonds is 1. The number of fused-ring (bicyclic) bond motifs is 1. The SMILES string of the molecule is CNc1ccc(C)c(C#Cc2cnc3[nH]ccc3n2)c1. The highest BCUT2D eigenvalue weighted by Crippen LogP contribution is 2.14. The third kappa shape index (κ3) is 2.34. The molecule has 20 heavy (non-hydrogen) atoms. The van der Waals surface area contributed by atoms with E-state index in [2.05, 4.69) is 38.2 Å². The molecule has 98 valence electrons. The fourth-order valence-corrected chi connectivity index (χ4v) is 1.93. The monoisotopic (exact) mass is 262 g/mol. The van der Waals surface area contributed by atoms with E-state index < -0.39 is 0 Å². The topological polar surface area (TPSA) is 53.6 Å². The Morgan fingerprint density at radius 1 is 1.20 bits per heavy atom. The molecule has 0 aliphatic heterocycles. The largest absolute Gasteiger partial charge is 0.388 e. The van der Waals surface area contributed by atoms with E-state index in [1.807, 2.05) is 38.4 Å². The maximum atomic E-state index is 4.44. The number of hydrogen-bond donors (Lipinski definition) is 2. The fraction of sp³-hybridized carbons (Fsp3) is 0.125. The fourth-order valence-electron chi connectivity index (χ4n) is 1.93. The number of hydrogen-bond acceptors (Lipinski definition) is 3. The zero-order valence-corrected chi connectivity index (χ0v) is 11.4. The average Bonchev–Trinajstić information content (AvgIpc) is 2.94.